The maximum Gasteiger partial charge on any atom is 0.355 e. The normalized spacial score (nSPS) is 11.1. The van der Waals surface area contributed by atoms with Gasteiger partial charge < -0.3 is 23.3 Å². The zero-order chi connectivity index (χ0) is 21.3. The third kappa shape index (κ3) is 4.23. The molecule has 3 aromatic heterocycles. The average molecular weight is 401 g/mol. The molecule has 0 aromatic carbocycles. The Kier molecular flexibility index (Phi) is 5.58. The Morgan fingerprint density at radius 1 is 1.10 bits per heavy atom. The van der Waals surface area contributed by atoms with Crippen LogP contribution in [0.25, 0.3) is 11.5 Å². The second-order valence-corrected chi connectivity index (χ2v) is 6.98. The van der Waals surface area contributed by atoms with E-state index in [-0.39, 0.29) is 30.2 Å². The van der Waals surface area contributed by atoms with Crippen LogP contribution in [-0.2, 0) is 16.1 Å². The van der Waals surface area contributed by atoms with E-state index < -0.39 is 11.9 Å². The molecule has 1 N–H and O–H groups in total. The van der Waals surface area contributed by atoms with E-state index in [1.54, 1.807) is 40.7 Å². The second-order valence-electron chi connectivity index (χ2n) is 6.98. The van der Waals surface area contributed by atoms with Crippen LogP contribution in [0.1, 0.15) is 63.4 Å². The molecule has 9 heteroatoms. The van der Waals surface area contributed by atoms with Crippen LogP contribution in [0.5, 0.6) is 0 Å². The summed E-state index contributed by atoms with van der Waals surface area (Å²) in [4.78, 5) is 27.6. The number of aromatic amines is 1. The number of carbonyl (C=O) groups is 2. The van der Waals surface area contributed by atoms with Crippen molar-refractivity contribution < 1.29 is 27.9 Å². The van der Waals surface area contributed by atoms with Gasteiger partial charge in [0.05, 0.1) is 17.2 Å². The SMILES string of the molecule is Cc1cc(-c2nnc(COC(=O)c3[nH]c(C)c(C(=O)OC(C)C)c3C)o2)c(C)o1. The van der Waals surface area contributed by atoms with Crippen molar-refractivity contribution in [2.24, 2.45) is 0 Å². The lowest BCUT2D eigenvalue weighted by Crippen LogP contribution is -2.13. The zero-order valence-electron chi connectivity index (χ0n) is 17.2. The third-order valence-electron chi connectivity index (χ3n) is 4.25. The first-order valence-electron chi connectivity index (χ1n) is 9.14. The van der Waals surface area contributed by atoms with Crippen molar-refractivity contribution in [1.29, 1.82) is 0 Å². The van der Waals surface area contributed by atoms with Gasteiger partial charge in [-0.05, 0) is 53.2 Å². The van der Waals surface area contributed by atoms with Crippen LogP contribution in [0, 0.1) is 27.7 Å². The van der Waals surface area contributed by atoms with Crippen molar-refractivity contribution in [3.05, 3.63) is 46.0 Å². The molecule has 154 valence electrons. The fraction of sp³-hybridized carbons (Fsp3) is 0.400. The lowest BCUT2D eigenvalue weighted by Gasteiger charge is -2.08. The summed E-state index contributed by atoms with van der Waals surface area (Å²) in [5.74, 6) is 0.700. The van der Waals surface area contributed by atoms with Crippen molar-refractivity contribution in [3.63, 3.8) is 0 Å². The van der Waals surface area contributed by atoms with Gasteiger partial charge in [-0.1, -0.05) is 0 Å². The van der Waals surface area contributed by atoms with Crippen LogP contribution in [0.2, 0.25) is 0 Å². The second kappa shape index (κ2) is 7.94. The van der Waals surface area contributed by atoms with Crippen molar-refractivity contribution >= 4 is 11.9 Å². The maximum absolute atomic E-state index is 12.5. The number of carbonyl (C=O) groups excluding carboxylic acids is 2. The molecule has 9 nitrogen and oxygen atoms in total. The Morgan fingerprint density at radius 2 is 1.83 bits per heavy atom. The number of nitrogens with one attached hydrogen (secondary N) is 1. The molecular weight excluding hydrogens is 378 g/mol. The van der Waals surface area contributed by atoms with Gasteiger partial charge in [-0.2, -0.15) is 0 Å². The summed E-state index contributed by atoms with van der Waals surface area (Å²) in [5.41, 5.74) is 2.20. The predicted molar refractivity (Wildman–Crippen MR) is 101 cm³/mol. The highest BCUT2D eigenvalue weighted by atomic mass is 16.5. The molecule has 0 spiro atoms. The van der Waals surface area contributed by atoms with E-state index in [2.05, 4.69) is 15.2 Å². The first-order chi connectivity index (χ1) is 13.7. The lowest BCUT2D eigenvalue weighted by molar-refractivity contribution is 0.0376. The minimum absolute atomic E-state index is 0.145. The molecule has 3 heterocycles. The molecule has 3 aromatic rings. The Labute approximate surface area is 167 Å². The fourth-order valence-corrected chi connectivity index (χ4v) is 3.00. The topological polar surface area (TPSA) is 120 Å². The van der Waals surface area contributed by atoms with E-state index in [1.807, 2.05) is 6.92 Å². The molecule has 0 saturated heterocycles. The van der Waals surface area contributed by atoms with Crippen LogP contribution < -0.4 is 0 Å². The van der Waals surface area contributed by atoms with Crippen molar-refractivity contribution in [2.75, 3.05) is 0 Å². The van der Waals surface area contributed by atoms with Gasteiger partial charge in [-0.3, -0.25) is 0 Å². The number of H-pyrrole nitrogens is 1. The highest BCUT2D eigenvalue weighted by molar-refractivity contribution is 5.98. The Hall–Kier alpha value is -3.36. The molecule has 0 radical (unpaired) electrons. The van der Waals surface area contributed by atoms with Gasteiger partial charge in [0.25, 0.3) is 11.8 Å². The van der Waals surface area contributed by atoms with Crippen molar-refractivity contribution in [3.8, 4) is 11.5 Å². The fourth-order valence-electron chi connectivity index (χ4n) is 3.00. The third-order valence-corrected chi connectivity index (χ3v) is 4.25. The summed E-state index contributed by atoms with van der Waals surface area (Å²) in [6.45, 7) is 10.3. The molecule has 0 bridgehead atoms. The summed E-state index contributed by atoms with van der Waals surface area (Å²) in [5, 5.41) is 7.86. The lowest BCUT2D eigenvalue weighted by atomic mass is 10.1. The quantitative estimate of drug-likeness (QED) is 0.619. The van der Waals surface area contributed by atoms with Gasteiger partial charge in [-0.25, -0.2) is 9.59 Å². The zero-order valence-corrected chi connectivity index (χ0v) is 17.2. The van der Waals surface area contributed by atoms with Crippen LogP contribution in [0.3, 0.4) is 0 Å². The molecule has 0 amide bonds. The van der Waals surface area contributed by atoms with E-state index in [0.29, 0.717) is 28.1 Å². The van der Waals surface area contributed by atoms with Gasteiger partial charge >= 0.3 is 11.9 Å². The highest BCUT2D eigenvalue weighted by Gasteiger charge is 2.25. The standard InChI is InChI=1S/C20H23N3O6/c1-9(2)27-19(24)16-11(4)17(21-12(16)5)20(25)26-8-15-22-23-18(29-15)14-7-10(3)28-13(14)6/h7,9,21H,8H2,1-6H3. The number of aromatic nitrogens is 3. The number of nitrogens with zero attached hydrogens (tertiary/aromatic N) is 2. The summed E-state index contributed by atoms with van der Waals surface area (Å²) >= 11 is 0. The van der Waals surface area contributed by atoms with Gasteiger partial charge in [0.2, 0.25) is 0 Å². The Morgan fingerprint density at radius 3 is 2.45 bits per heavy atom. The molecule has 0 fully saturated rings. The minimum Gasteiger partial charge on any atom is -0.466 e. The van der Waals surface area contributed by atoms with Gasteiger partial charge in [0, 0.05) is 5.69 Å². The average Bonchev–Trinajstić information content (AvgIpc) is 3.29. The predicted octanol–water partition coefficient (Wildman–Crippen LogP) is 3.81. The molecule has 0 saturated carbocycles. The number of ether oxygens (including phenoxy) is 2. The van der Waals surface area contributed by atoms with Crippen LogP contribution >= 0.6 is 0 Å². The Bertz CT molecular complexity index is 1060. The first kappa shape index (κ1) is 20.4. The molecule has 3 rings (SSSR count). The van der Waals surface area contributed by atoms with E-state index in [0.717, 1.165) is 5.76 Å². The molecule has 0 aliphatic rings. The molecule has 0 aliphatic carbocycles. The molecule has 29 heavy (non-hydrogen) atoms. The minimum atomic E-state index is -0.635. The smallest absolute Gasteiger partial charge is 0.355 e. The van der Waals surface area contributed by atoms with E-state index >= 15 is 0 Å². The van der Waals surface area contributed by atoms with Gasteiger partial charge in [0.1, 0.15) is 17.2 Å². The Balaban J connectivity index is 1.70. The first-order valence-corrected chi connectivity index (χ1v) is 9.14. The maximum atomic E-state index is 12.5. The van der Waals surface area contributed by atoms with E-state index in [4.69, 9.17) is 18.3 Å². The highest BCUT2D eigenvalue weighted by Crippen LogP contribution is 2.26. The number of aryl methyl sites for hydroxylation is 3. The summed E-state index contributed by atoms with van der Waals surface area (Å²) in [7, 11) is 0. The van der Waals surface area contributed by atoms with E-state index in [1.165, 1.54) is 0 Å². The summed E-state index contributed by atoms with van der Waals surface area (Å²) < 4.78 is 21.5. The number of esters is 2. The molecule has 0 unspecified atom stereocenters. The van der Waals surface area contributed by atoms with Gasteiger partial charge in [-0.15, -0.1) is 10.2 Å². The van der Waals surface area contributed by atoms with Crippen molar-refractivity contribution in [1.82, 2.24) is 15.2 Å². The van der Waals surface area contributed by atoms with Crippen molar-refractivity contribution in [2.45, 2.75) is 54.3 Å². The van der Waals surface area contributed by atoms with Crippen LogP contribution in [-0.4, -0.2) is 33.2 Å². The molecule has 0 atom stereocenters. The number of hydrogen-bond donors (Lipinski definition) is 1. The number of hydrogen-bond acceptors (Lipinski definition) is 8. The van der Waals surface area contributed by atoms with Crippen LogP contribution in [0.15, 0.2) is 14.9 Å². The van der Waals surface area contributed by atoms with Crippen LogP contribution in [0.4, 0.5) is 0 Å². The number of rotatable bonds is 6. The monoisotopic (exact) mass is 401 g/mol. The molecular formula is C20H23N3O6. The number of furan rings is 1. The van der Waals surface area contributed by atoms with Gasteiger partial charge in [0.15, 0.2) is 6.61 Å². The molecule has 0 aliphatic heterocycles. The van der Waals surface area contributed by atoms with E-state index in [9.17, 15) is 9.59 Å². The largest absolute Gasteiger partial charge is 0.466 e. The summed E-state index contributed by atoms with van der Waals surface area (Å²) in [6.07, 6.45) is -0.263. The summed E-state index contributed by atoms with van der Waals surface area (Å²) in [6, 6.07) is 1.79.